The molecule has 0 heterocycles. The highest BCUT2D eigenvalue weighted by molar-refractivity contribution is 6.30. The van der Waals surface area contributed by atoms with Crippen molar-refractivity contribution in [2.24, 2.45) is 5.92 Å². The van der Waals surface area contributed by atoms with Crippen LogP contribution in [-0.2, 0) is 9.53 Å². The number of methoxy groups -OCH3 is 1. The van der Waals surface area contributed by atoms with E-state index in [2.05, 4.69) is 0 Å². The summed E-state index contributed by atoms with van der Waals surface area (Å²) in [6.07, 6.45) is 0. The Bertz CT molecular complexity index is 434. The van der Waals surface area contributed by atoms with Gasteiger partial charge in [0.25, 0.3) is 0 Å². The SMILES string of the molecule is COCCN(CCO)C(=O)C(c1ccc(Cl)cc1)C(C)C. The van der Waals surface area contributed by atoms with Crippen molar-refractivity contribution in [1.29, 1.82) is 0 Å². The minimum atomic E-state index is -0.245. The summed E-state index contributed by atoms with van der Waals surface area (Å²) in [5, 5.41) is 9.81. The molecule has 4 nitrogen and oxygen atoms in total. The largest absolute Gasteiger partial charge is 0.395 e. The molecule has 0 radical (unpaired) electrons. The molecule has 0 aliphatic heterocycles. The van der Waals surface area contributed by atoms with Crippen molar-refractivity contribution < 1.29 is 14.6 Å². The molecule has 0 bridgehead atoms. The molecular formula is C16H24ClNO3. The van der Waals surface area contributed by atoms with E-state index < -0.39 is 0 Å². The number of hydrogen-bond donors (Lipinski definition) is 1. The van der Waals surface area contributed by atoms with Crippen molar-refractivity contribution in [3.8, 4) is 0 Å². The summed E-state index contributed by atoms with van der Waals surface area (Å²) >= 11 is 5.91. The van der Waals surface area contributed by atoms with Gasteiger partial charge in [0.15, 0.2) is 0 Å². The maximum Gasteiger partial charge on any atom is 0.230 e. The maximum absolute atomic E-state index is 12.8. The number of benzene rings is 1. The molecule has 1 aromatic carbocycles. The predicted octanol–water partition coefficient (Wildman–Crippen LogP) is 2.55. The number of rotatable bonds is 8. The molecular weight excluding hydrogens is 290 g/mol. The summed E-state index contributed by atoms with van der Waals surface area (Å²) in [6.45, 7) is 5.24. The molecule has 0 spiro atoms. The number of amides is 1. The van der Waals surface area contributed by atoms with Crippen LogP contribution in [0, 0.1) is 5.92 Å². The van der Waals surface area contributed by atoms with Crippen molar-refractivity contribution in [3.05, 3.63) is 34.9 Å². The average Bonchev–Trinajstić information content (AvgIpc) is 2.45. The smallest absolute Gasteiger partial charge is 0.230 e. The van der Waals surface area contributed by atoms with Crippen LogP contribution in [0.4, 0.5) is 0 Å². The normalized spacial score (nSPS) is 12.5. The second kappa shape index (κ2) is 9.03. The third kappa shape index (κ3) is 5.30. The lowest BCUT2D eigenvalue weighted by atomic mass is 9.87. The molecule has 0 aromatic heterocycles. The highest BCUT2D eigenvalue weighted by Gasteiger charge is 2.28. The van der Waals surface area contributed by atoms with Crippen LogP contribution in [0.25, 0.3) is 0 Å². The number of ether oxygens (including phenoxy) is 1. The summed E-state index contributed by atoms with van der Waals surface area (Å²) in [6, 6.07) is 7.37. The highest BCUT2D eigenvalue weighted by atomic mass is 35.5. The van der Waals surface area contributed by atoms with Crippen molar-refractivity contribution in [1.82, 2.24) is 4.90 Å². The standard InChI is InChI=1S/C16H24ClNO3/c1-12(2)15(13-4-6-14(17)7-5-13)16(20)18(8-10-19)9-11-21-3/h4-7,12,15,19H,8-11H2,1-3H3. The molecule has 1 amide bonds. The number of aliphatic hydroxyl groups excluding tert-OH is 1. The van der Waals surface area contributed by atoms with Crippen molar-refractivity contribution >= 4 is 17.5 Å². The van der Waals surface area contributed by atoms with Crippen LogP contribution in [0.15, 0.2) is 24.3 Å². The first-order valence-electron chi connectivity index (χ1n) is 7.15. The number of carbonyl (C=O) groups excluding carboxylic acids is 1. The minimum Gasteiger partial charge on any atom is -0.395 e. The Morgan fingerprint density at radius 2 is 1.90 bits per heavy atom. The average molecular weight is 314 g/mol. The summed E-state index contributed by atoms with van der Waals surface area (Å²) in [5.74, 6) is -0.0773. The molecule has 0 fully saturated rings. The molecule has 1 atom stereocenters. The van der Waals surface area contributed by atoms with Gasteiger partial charge in [-0.15, -0.1) is 0 Å². The van der Waals surface area contributed by atoms with Gasteiger partial charge in [-0.3, -0.25) is 4.79 Å². The second-order valence-corrected chi connectivity index (χ2v) is 5.75. The Morgan fingerprint density at radius 3 is 2.38 bits per heavy atom. The van der Waals surface area contributed by atoms with E-state index in [1.807, 2.05) is 26.0 Å². The lowest BCUT2D eigenvalue weighted by molar-refractivity contribution is -0.135. The summed E-state index contributed by atoms with van der Waals surface area (Å²) in [5.41, 5.74) is 0.944. The van der Waals surface area contributed by atoms with Crippen LogP contribution in [0.2, 0.25) is 5.02 Å². The molecule has 118 valence electrons. The number of carbonyl (C=O) groups is 1. The van der Waals surface area contributed by atoms with Crippen molar-refractivity contribution in [3.63, 3.8) is 0 Å². The van der Waals surface area contributed by atoms with Gasteiger partial charge >= 0.3 is 0 Å². The van der Waals surface area contributed by atoms with E-state index >= 15 is 0 Å². The summed E-state index contributed by atoms with van der Waals surface area (Å²) in [4.78, 5) is 14.4. The van der Waals surface area contributed by atoms with Crippen molar-refractivity contribution in [2.75, 3.05) is 33.4 Å². The number of aliphatic hydroxyl groups is 1. The van der Waals surface area contributed by atoms with Gasteiger partial charge in [-0.2, -0.15) is 0 Å². The topological polar surface area (TPSA) is 49.8 Å². The quantitative estimate of drug-likeness (QED) is 0.802. The molecule has 5 heteroatoms. The van der Waals surface area contributed by atoms with E-state index in [4.69, 9.17) is 21.4 Å². The van der Waals surface area contributed by atoms with Crippen LogP contribution in [0.3, 0.4) is 0 Å². The Balaban J connectivity index is 2.96. The second-order valence-electron chi connectivity index (χ2n) is 5.31. The molecule has 1 rings (SSSR count). The third-order valence-electron chi connectivity index (χ3n) is 3.41. The van der Waals surface area contributed by atoms with Crippen LogP contribution in [0.5, 0.6) is 0 Å². The fourth-order valence-corrected chi connectivity index (χ4v) is 2.46. The van der Waals surface area contributed by atoms with Gasteiger partial charge in [0, 0.05) is 25.2 Å². The third-order valence-corrected chi connectivity index (χ3v) is 3.66. The molecule has 0 aliphatic rings. The Kier molecular flexibility index (Phi) is 7.72. The molecule has 0 saturated carbocycles. The first kappa shape index (κ1) is 18.0. The van der Waals surface area contributed by atoms with Crippen LogP contribution >= 0.6 is 11.6 Å². The maximum atomic E-state index is 12.8. The van der Waals surface area contributed by atoms with Crippen molar-refractivity contribution in [2.45, 2.75) is 19.8 Å². The van der Waals surface area contributed by atoms with E-state index in [0.29, 0.717) is 24.7 Å². The van der Waals surface area contributed by atoms with Gasteiger partial charge < -0.3 is 14.7 Å². The van der Waals surface area contributed by atoms with Crippen LogP contribution < -0.4 is 0 Å². The van der Waals surface area contributed by atoms with E-state index in [1.54, 1.807) is 24.1 Å². The number of halogens is 1. The predicted molar refractivity (Wildman–Crippen MR) is 84.6 cm³/mol. The molecule has 0 aliphatic carbocycles. The number of nitrogens with zero attached hydrogens (tertiary/aromatic N) is 1. The van der Waals surface area contributed by atoms with Gasteiger partial charge in [-0.05, 0) is 23.6 Å². The zero-order valence-electron chi connectivity index (χ0n) is 12.9. The Labute approximate surface area is 131 Å². The first-order valence-corrected chi connectivity index (χ1v) is 7.53. The van der Waals surface area contributed by atoms with Gasteiger partial charge in [0.1, 0.15) is 0 Å². The number of hydrogen-bond acceptors (Lipinski definition) is 3. The van der Waals surface area contributed by atoms with Gasteiger partial charge in [-0.25, -0.2) is 0 Å². The Morgan fingerprint density at radius 1 is 1.29 bits per heavy atom. The van der Waals surface area contributed by atoms with Gasteiger partial charge in [-0.1, -0.05) is 37.6 Å². The lowest BCUT2D eigenvalue weighted by Crippen LogP contribution is -2.40. The molecule has 1 N–H and O–H groups in total. The zero-order valence-corrected chi connectivity index (χ0v) is 13.6. The zero-order chi connectivity index (χ0) is 15.8. The minimum absolute atomic E-state index is 0.0124. The molecule has 1 aromatic rings. The van der Waals surface area contributed by atoms with E-state index in [9.17, 15) is 4.79 Å². The van der Waals surface area contributed by atoms with Gasteiger partial charge in [0.05, 0.1) is 19.1 Å². The molecule has 21 heavy (non-hydrogen) atoms. The monoisotopic (exact) mass is 313 g/mol. The van der Waals surface area contributed by atoms with E-state index in [0.717, 1.165) is 5.56 Å². The summed E-state index contributed by atoms with van der Waals surface area (Å²) in [7, 11) is 1.60. The summed E-state index contributed by atoms with van der Waals surface area (Å²) < 4.78 is 5.04. The molecule has 1 unspecified atom stereocenters. The van der Waals surface area contributed by atoms with E-state index in [1.165, 1.54) is 0 Å². The Hall–Kier alpha value is -1.10. The van der Waals surface area contributed by atoms with Gasteiger partial charge in [0.2, 0.25) is 5.91 Å². The molecule has 0 saturated heterocycles. The van der Waals surface area contributed by atoms with E-state index in [-0.39, 0.29) is 24.3 Å². The highest BCUT2D eigenvalue weighted by Crippen LogP contribution is 2.27. The fourth-order valence-electron chi connectivity index (χ4n) is 2.33. The first-order chi connectivity index (χ1) is 10.0. The van der Waals surface area contributed by atoms with Crippen LogP contribution in [-0.4, -0.2) is 49.3 Å². The fraction of sp³-hybridized carbons (Fsp3) is 0.562. The lowest BCUT2D eigenvalue weighted by Gasteiger charge is -2.29. The van der Waals surface area contributed by atoms with Crippen LogP contribution in [0.1, 0.15) is 25.3 Å².